The first-order chi connectivity index (χ1) is 5.12. The predicted octanol–water partition coefficient (Wildman–Crippen LogP) is -0.808. The lowest BCUT2D eigenvalue weighted by molar-refractivity contribution is -0.360. The van der Waals surface area contributed by atoms with Crippen LogP contribution in [0.4, 0.5) is 0 Å². The first-order valence-electron chi connectivity index (χ1n) is 4.22. The summed E-state index contributed by atoms with van der Waals surface area (Å²) in [5, 5.41) is 0. The topological polar surface area (TPSA) is 27.6 Å². The number of rotatable bonds is 6. The smallest absolute Gasteiger partial charge is 0.0840 e. The molecule has 0 aliphatic rings. The van der Waals surface area contributed by atoms with Crippen LogP contribution in [0.2, 0.25) is 0 Å². The highest BCUT2D eigenvalue weighted by Gasteiger charge is 2.16. The molecule has 0 heterocycles. The molecule has 0 unspecified atom stereocenters. The predicted molar refractivity (Wildman–Crippen MR) is 56.8 cm³/mol. The maximum Gasteiger partial charge on any atom is 0.0840 e. The minimum Gasteiger partial charge on any atom is -1.00 e. The summed E-state index contributed by atoms with van der Waals surface area (Å²) >= 11 is 0. The van der Waals surface area contributed by atoms with Crippen molar-refractivity contribution in [2.45, 2.75) is 38.4 Å². The fourth-order valence-corrected chi connectivity index (χ4v) is 3.52. The highest BCUT2D eigenvalue weighted by atomic mass is 35.5. The first kappa shape index (κ1) is 15.4. The van der Waals surface area contributed by atoms with E-state index in [9.17, 15) is 0 Å². The molecule has 1 nitrogen and oxygen atoms in total. The normalized spacial score (nSPS) is 11.0. The van der Waals surface area contributed by atoms with Gasteiger partial charge in [-0.1, -0.05) is 34.9 Å². The van der Waals surface area contributed by atoms with E-state index in [1.807, 2.05) is 21.6 Å². The largest absolute Gasteiger partial charge is 1.00 e. The van der Waals surface area contributed by atoms with Gasteiger partial charge in [0.05, 0.1) is 12.3 Å². The van der Waals surface area contributed by atoms with Gasteiger partial charge in [-0.3, -0.25) is 0 Å². The number of halogens is 1. The lowest BCUT2D eigenvalue weighted by Gasteiger charge is -2.21. The minimum atomic E-state index is 0. The molecule has 4 heteroatoms. The molecule has 76 valence electrons. The molecule has 0 aromatic heterocycles. The van der Waals surface area contributed by atoms with Crippen molar-refractivity contribution in [3.05, 3.63) is 0 Å². The molecule has 3 N–H and O–H groups in total. The van der Waals surface area contributed by atoms with Crippen molar-refractivity contribution < 1.29 is 18.1 Å². The molecule has 0 amide bonds. The van der Waals surface area contributed by atoms with Crippen molar-refractivity contribution in [3.63, 3.8) is 0 Å². The molecule has 0 atom stereocenters. The van der Waals surface area contributed by atoms with Gasteiger partial charge < -0.3 is 18.1 Å². The van der Waals surface area contributed by atoms with Crippen LogP contribution in [0.5, 0.6) is 0 Å². The van der Waals surface area contributed by atoms with Gasteiger partial charge in [-0.05, 0) is 20.3 Å². The van der Waals surface area contributed by atoms with Crippen LogP contribution in [0.1, 0.15) is 33.6 Å². The van der Waals surface area contributed by atoms with Crippen LogP contribution >= 0.6 is 21.6 Å². The second-order valence-electron chi connectivity index (χ2n) is 3.27. The first-order valence-corrected chi connectivity index (χ1v) is 6.54. The summed E-state index contributed by atoms with van der Waals surface area (Å²) in [6.07, 6.45) is 2.59. The van der Waals surface area contributed by atoms with Crippen molar-refractivity contribution in [1.29, 1.82) is 0 Å². The van der Waals surface area contributed by atoms with Gasteiger partial charge in [0, 0.05) is 4.75 Å². The molecule has 0 rings (SSSR count). The van der Waals surface area contributed by atoms with Crippen LogP contribution in [0.15, 0.2) is 0 Å². The van der Waals surface area contributed by atoms with Crippen LogP contribution in [0, 0.1) is 0 Å². The number of quaternary nitrogens is 1. The van der Waals surface area contributed by atoms with Crippen molar-refractivity contribution >= 4 is 21.6 Å². The average Bonchev–Trinajstić information content (AvgIpc) is 1.87. The molecule has 0 aliphatic carbocycles. The second kappa shape index (κ2) is 8.54. The minimum absolute atomic E-state index is 0. The number of hydrogen-bond donors (Lipinski definition) is 1. The molecule has 0 fully saturated rings. The van der Waals surface area contributed by atoms with E-state index in [1.54, 1.807) is 0 Å². The Morgan fingerprint density at radius 2 is 1.92 bits per heavy atom. The van der Waals surface area contributed by atoms with Crippen LogP contribution < -0.4 is 18.1 Å². The van der Waals surface area contributed by atoms with E-state index in [-0.39, 0.29) is 12.4 Å². The summed E-state index contributed by atoms with van der Waals surface area (Å²) in [6.45, 7) is 7.92. The van der Waals surface area contributed by atoms with Crippen molar-refractivity contribution in [3.8, 4) is 0 Å². The lowest BCUT2D eigenvalue weighted by Crippen LogP contribution is -3.00. The van der Waals surface area contributed by atoms with Gasteiger partial charge in [-0.15, -0.1) is 0 Å². The molecule has 0 radical (unpaired) electrons. The quantitative estimate of drug-likeness (QED) is 0.477. The van der Waals surface area contributed by atoms with Crippen LogP contribution in [-0.4, -0.2) is 17.0 Å². The van der Waals surface area contributed by atoms with Crippen molar-refractivity contribution in [2.75, 3.05) is 12.3 Å². The van der Waals surface area contributed by atoms with Gasteiger partial charge in [0.2, 0.25) is 0 Å². The van der Waals surface area contributed by atoms with E-state index in [0.29, 0.717) is 4.75 Å². The van der Waals surface area contributed by atoms with Crippen molar-refractivity contribution in [2.24, 2.45) is 0 Å². The van der Waals surface area contributed by atoms with E-state index >= 15 is 0 Å². The molecule has 0 saturated carbocycles. The molecule has 12 heavy (non-hydrogen) atoms. The highest BCUT2D eigenvalue weighted by Crippen LogP contribution is 2.38. The van der Waals surface area contributed by atoms with Gasteiger partial charge in [-0.25, -0.2) is 0 Å². The summed E-state index contributed by atoms with van der Waals surface area (Å²) in [6, 6.07) is 0. The van der Waals surface area contributed by atoms with E-state index in [4.69, 9.17) is 0 Å². The molecular formula is C8H20ClNS2. The Balaban J connectivity index is 0. The molecule has 0 aromatic carbocycles. The van der Waals surface area contributed by atoms with Crippen LogP contribution in [0.3, 0.4) is 0 Å². The van der Waals surface area contributed by atoms with Crippen LogP contribution in [-0.2, 0) is 0 Å². The summed E-state index contributed by atoms with van der Waals surface area (Å²) in [5.41, 5.74) is 3.82. The third-order valence-electron chi connectivity index (χ3n) is 1.36. The van der Waals surface area contributed by atoms with E-state index in [0.717, 1.165) is 6.54 Å². The maximum absolute atomic E-state index is 3.82. The maximum atomic E-state index is 3.82. The van der Waals surface area contributed by atoms with Gasteiger partial charge in [0.1, 0.15) is 0 Å². The average molecular weight is 230 g/mol. The third kappa shape index (κ3) is 9.04. The zero-order chi connectivity index (χ0) is 8.74. The fraction of sp³-hybridized carbons (Fsp3) is 1.00. The Morgan fingerprint density at radius 3 is 2.33 bits per heavy atom. The highest BCUT2D eigenvalue weighted by molar-refractivity contribution is 8.77. The molecule has 0 spiro atoms. The SMILES string of the molecule is CCCC(C)(C)SSCC[NH3+].[Cl-]. The Labute approximate surface area is 90.4 Å². The summed E-state index contributed by atoms with van der Waals surface area (Å²) < 4.78 is 0.453. The Hall–Kier alpha value is 0.950. The molecular weight excluding hydrogens is 210 g/mol. The Bertz CT molecular complexity index is 99.1. The Kier molecular flexibility index (Phi) is 11.0. The summed E-state index contributed by atoms with van der Waals surface area (Å²) in [7, 11) is 3.96. The monoisotopic (exact) mass is 229 g/mol. The lowest BCUT2D eigenvalue weighted by atomic mass is 10.1. The van der Waals surface area contributed by atoms with Gasteiger partial charge >= 0.3 is 0 Å². The fourth-order valence-electron chi connectivity index (χ4n) is 0.904. The Morgan fingerprint density at radius 1 is 1.33 bits per heavy atom. The van der Waals surface area contributed by atoms with Gasteiger partial charge in [-0.2, -0.15) is 0 Å². The summed E-state index contributed by atoms with van der Waals surface area (Å²) in [5.74, 6) is 1.18. The second-order valence-corrected chi connectivity index (χ2v) is 6.39. The number of hydrogen-bond acceptors (Lipinski definition) is 2. The summed E-state index contributed by atoms with van der Waals surface area (Å²) in [4.78, 5) is 0. The molecule has 0 bridgehead atoms. The zero-order valence-electron chi connectivity index (χ0n) is 8.23. The van der Waals surface area contributed by atoms with E-state index in [1.165, 1.54) is 18.6 Å². The third-order valence-corrected chi connectivity index (χ3v) is 4.80. The van der Waals surface area contributed by atoms with E-state index in [2.05, 4.69) is 26.5 Å². The van der Waals surface area contributed by atoms with Gasteiger partial charge in [0.25, 0.3) is 0 Å². The van der Waals surface area contributed by atoms with Crippen LogP contribution in [0.25, 0.3) is 0 Å². The molecule has 0 aromatic rings. The van der Waals surface area contributed by atoms with Crippen molar-refractivity contribution in [1.82, 2.24) is 0 Å². The van der Waals surface area contributed by atoms with Gasteiger partial charge in [0.15, 0.2) is 0 Å². The zero-order valence-corrected chi connectivity index (χ0v) is 10.6. The van der Waals surface area contributed by atoms with E-state index < -0.39 is 0 Å². The standard InChI is InChI=1S/C8H19NS2.ClH/c1-4-5-8(2,3)11-10-7-6-9;/h4-7,9H2,1-3H3;1H. The molecule has 0 saturated heterocycles. The molecule has 0 aliphatic heterocycles.